The van der Waals surface area contributed by atoms with Crippen LogP contribution >= 0.6 is 11.6 Å². The molecule has 0 saturated carbocycles. The maximum Gasteiger partial charge on any atom is 0.109 e. The summed E-state index contributed by atoms with van der Waals surface area (Å²) < 4.78 is 1.86. The van der Waals surface area contributed by atoms with Crippen LogP contribution in [0.25, 0.3) is 16.3 Å². The number of imidazole rings is 1. The zero-order valence-corrected chi connectivity index (χ0v) is 8.57. The minimum atomic E-state index is 0.664. The van der Waals surface area contributed by atoms with E-state index in [1.54, 1.807) is 12.5 Å². The van der Waals surface area contributed by atoms with Crippen LogP contribution in [0.15, 0.2) is 36.8 Å². The Morgan fingerprint density at radius 2 is 2.13 bits per heavy atom. The predicted octanol–water partition coefficient (Wildman–Crippen LogP) is 2.72. The van der Waals surface area contributed by atoms with Crippen molar-refractivity contribution in [1.82, 2.24) is 9.38 Å². The van der Waals surface area contributed by atoms with Crippen LogP contribution in [0.1, 0.15) is 0 Å². The number of halogens is 1. The molecule has 0 amide bonds. The minimum Gasteiger partial charge on any atom is -0.385 e. The first-order chi connectivity index (χ1) is 7.25. The van der Waals surface area contributed by atoms with Gasteiger partial charge < -0.3 is 5.73 Å². The molecule has 74 valence electrons. The maximum absolute atomic E-state index is 5.93. The molecule has 0 unspecified atom stereocenters. The summed E-state index contributed by atoms with van der Waals surface area (Å²) in [6.07, 6.45) is 3.51. The third kappa shape index (κ3) is 1.17. The van der Waals surface area contributed by atoms with Gasteiger partial charge in [0, 0.05) is 10.4 Å². The Kier molecular flexibility index (Phi) is 1.64. The van der Waals surface area contributed by atoms with Crippen LogP contribution < -0.4 is 5.73 Å². The molecule has 0 radical (unpaired) electrons. The van der Waals surface area contributed by atoms with Gasteiger partial charge in [-0.2, -0.15) is 0 Å². The van der Waals surface area contributed by atoms with Crippen molar-refractivity contribution in [3.8, 4) is 0 Å². The lowest BCUT2D eigenvalue weighted by atomic mass is 10.1. The Morgan fingerprint density at radius 3 is 3.00 bits per heavy atom. The van der Waals surface area contributed by atoms with E-state index in [1.807, 2.05) is 28.7 Å². The zero-order chi connectivity index (χ0) is 10.4. The topological polar surface area (TPSA) is 43.3 Å². The fourth-order valence-corrected chi connectivity index (χ4v) is 2.00. The number of nitrogen functional groups attached to an aromatic ring is 1. The zero-order valence-electron chi connectivity index (χ0n) is 7.81. The number of rotatable bonds is 0. The van der Waals surface area contributed by atoms with Crippen molar-refractivity contribution in [2.75, 3.05) is 5.73 Å². The molecule has 3 aromatic rings. The monoisotopic (exact) mass is 217 g/mol. The highest BCUT2D eigenvalue weighted by atomic mass is 35.5. The van der Waals surface area contributed by atoms with Crippen LogP contribution in [0, 0.1) is 0 Å². The third-order valence-electron chi connectivity index (χ3n) is 2.51. The first kappa shape index (κ1) is 8.56. The lowest BCUT2D eigenvalue weighted by Gasteiger charge is -2.04. The fourth-order valence-electron chi connectivity index (χ4n) is 1.82. The minimum absolute atomic E-state index is 0.664. The molecule has 0 bridgehead atoms. The van der Waals surface area contributed by atoms with Gasteiger partial charge in [0.1, 0.15) is 12.1 Å². The van der Waals surface area contributed by atoms with Crippen molar-refractivity contribution >= 4 is 33.7 Å². The Morgan fingerprint density at radius 1 is 1.27 bits per heavy atom. The van der Waals surface area contributed by atoms with Crippen molar-refractivity contribution in [2.24, 2.45) is 0 Å². The van der Waals surface area contributed by atoms with Gasteiger partial charge in [-0.3, -0.25) is 4.40 Å². The van der Waals surface area contributed by atoms with E-state index in [1.165, 1.54) is 0 Å². The highest BCUT2D eigenvalue weighted by Gasteiger charge is 2.04. The van der Waals surface area contributed by atoms with Gasteiger partial charge in [-0.25, -0.2) is 4.98 Å². The molecule has 0 aliphatic carbocycles. The molecule has 0 atom stereocenters. The Hall–Kier alpha value is -1.74. The molecule has 1 aromatic carbocycles. The molecule has 3 rings (SSSR count). The van der Waals surface area contributed by atoms with Crippen molar-refractivity contribution in [3.05, 3.63) is 41.8 Å². The van der Waals surface area contributed by atoms with Crippen molar-refractivity contribution in [3.63, 3.8) is 0 Å². The number of nitrogens with zero attached hydrogens (tertiary/aromatic N) is 2. The lowest BCUT2D eigenvalue weighted by molar-refractivity contribution is 1.17. The van der Waals surface area contributed by atoms with Crippen molar-refractivity contribution in [1.29, 1.82) is 0 Å². The smallest absolute Gasteiger partial charge is 0.109 e. The van der Waals surface area contributed by atoms with Crippen LogP contribution in [-0.2, 0) is 0 Å². The summed E-state index contributed by atoms with van der Waals surface area (Å²) in [4.78, 5) is 4.08. The standard InChI is InChI=1S/C11H8ClN3/c12-8-1-2-9-7(3-8)4-11(13)15-6-14-5-10(9)15/h1-6H,13H2. The molecule has 4 heteroatoms. The molecule has 0 saturated heterocycles. The normalized spacial score (nSPS) is 11.3. The number of nitrogens with two attached hydrogens (primary N) is 1. The van der Waals surface area contributed by atoms with Gasteiger partial charge >= 0.3 is 0 Å². The van der Waals surface area contributed by atoms with E-state index in [0.29, 0.717) is 10.8 Å². The van der Waals surface area contributed by atoms with E-state index in [0.717, 1.165) is 16.3 Å². The average molecular weight is 218 g/mol. The number of benzene rings is 1. The summed E-state index contributed by atoms with van der Waals surface area (Å²) in [5.74, 6) is 0.664. The number of aromatic nitrogens is 2. The van der Waals surface area contributed by atoms with E-state index in [4.69, 9.17) is 17.3 Å². The maximum atomic E-state index is 5.93. The molecule has 15 heavy (non-hydrogen) atoms. The molecule has 0 fully saturated rings. The third-order valence-corrected chi connectivity index (χ3v) is 2.74. The van der Waals surface area contributed by atoms with E-state index >= 15 is 0 Å². The van der Waals surface area contributed by atoms with Crippen LogP contribution in [0.2, 0.25) is 5.02 Å². The summed E-state index contributed by atoms with van der Waals surface area (Å²) in [6.45, 7) is 0. The van der Waals surface area contributed by atoms with Gasteiger partial charge in [-0.15, -0.1) is 0 Å². The van der Waals surface area contributed by atoms with Gasteiger partial charge in [0.15, 0.2) is 0 Å². The lowest BCUT2D eigenvalue weighted by Crippen LogP contribution is -1.95. The average Bonchev–Trinajstić information content (AvgIpc) is 2.66. The summed E-state index contributed by atoms with van der Waals surface area (Å²) in [5.41, 5.74) is 6.90. The first-order valence-corrected chi connectivity index (χ1v) is 4.93. The number of hydrogen-bond donors (Lipinski definition) is 1. The molecule has 0 aliphatic heterocycles. The Balaban J connectivity index is 2.60. The van der Waals surface area contributed by atoms with Crippen LogP contribution in [-0.4, -0.2) is 9.38 Å². The summed E-state index contributed by atoms with van der Waals surface area (Å²) in [5, 5.41) is 2.85. The molecule has 2 N–H and O–H groups in total. The quantitative estimate of drug-likeness (QED) is 0.629. The Labute approximate surface area is 91.1 Å². The van der Waals surface area contributed by atoms with E-state index in [-0.39, 0.29) is 0 Å². The summed E-state index contributed by atoms with van der Waals surface area (Å²) >= 11 is 5.93. The molecule has 2 aromatic heterocycles. The molecular formula is C11H8ClN3. The second-order valence-corrected chi connectivity index (χ2v) is 3.89. The molecule has 2 heterocycles. The molecular weight excluding hydrogens is 210 g/mol. The Bertz CT molecular complexity index is 657. The summed E-state index contributed by atoms with van der Waals surface area (Å²) in [7, 11) is 0. The highest BCUT2D eigenvalue weighted by Crippen LogP contribution is 2.25. The molecule has 3 nitrogen and oxygen atoms in total. The SMILES string of the molecule is Nc1cc2cc(Cl)ccc2c2cncn12. The van der Waals surface area contributed by atoms with E-state index in [9.17, 15) is 0 Å². The molecule has 0 aliphatic rings. The van der Waals surface area contributed by atoms with Crippen molar-refractivity contribution < 1.29 is 0 Å². The second-order valence-electron chi connectivity index (χ2n) is 3.45. The molecule has 0 spiro atoms. The predicted molar refractivity (Wildman–Crippen MR) is 62.1 cm³/mol. The number of fused-ring (bicyclic) bond motifs is 3. The van der Waals surface area contributed by atoms with Crippen LogP contribution in [0.3, 0.4) is 0 Å². The van der Waals surface area contributed by atoms with E-state index < -0.39 is 0 Å². The van der Waals surface area contributed by atoms with Gasteiger partial charge in [0.05, 0.1) is 11.7 Å². The van der Waals surface area contributed by atoms with E-state index in [2.05, 4.69) is 4.98 Å². The van der Waals surface area contributed by atoms with Gasteiger partial charge in [0.25, 0.3) is 0 Å². The summed E-state index contributed by atoms with van der Waals surface area (Å²) in [6, 6.07) is 7.65. The largest absolute Gasteiger partial charge is 0.385 e. The van der Waals surface area contributed by atoms with Gasteiger partial charge in [0.2, 0.25) is 0 Å². The van der Waals surface area contributed by atoms with Gasteiger partial charge in [-0.05, 0) is 23.6 Å². The number of anilines is 1. The van der Waals surface area contributed by atoms with Gasteiger partial charge in [-0.1, -0.05) is 17.7 Å². The fraction of sp³-hybridized carbons (Fsp3) is 0. The van der Waals surface area contributed by atoms with Crippen molar-refractivity contribution in [2.45, 2.75) is 0 Å². The highest BCUT2D eigenvalue weighted by molar-refractivity contribution is 6.31. The van der Waals surface area contributed by atoms with Crippen LogP contribution in [0.5, 0.6) is 0 Å². The van der Waals surface area contributed by atoms with Crippen LogP contribution in [0.4, 0.5) is 5.82 Å². The number of hydrogen-bond acceptors (Lipinski definition) is 2. The first-order valence-electron chi connectivity index (χ1n) is 4.55. The second kappa shape index (κ2) is 2.87. The number of pyridine rings is 1.